The summed E-state index contributed by atoms with van der Waals surface area (Å²) in [5.41, 5.74) is 1.02. The number of ether oxygens (including phenoxy) is 1. The van der Waals surface area contributed by atoms with Crippen molar-refractivity contribution in [1.29, 1.82) is 0 Å². The van der Waals surface area contributed by atoms with Gasteiger partial charge in [-0.3, -0.25) is 4.79 Å². The summed E-state index contributed by atoms with van der Waals surface area (Å²) < 4.78 is 59.5. The highest BCUT2D eigenvalue weighted by Crippen LogP contribution is 2.43. The summed E-state index contributed by atoms with van der Waals surface area (Å²) in [5.74, 6) is -0.568. The van der Waals surface area contributed by atoms with Gasteiger partial charge >= 0.3 is 6.18 Å². The van der Waals surface area contributed by atoms with Crippen LogP contribution in [0.2, 0.25) is 5.02 Å². The molecule has 3 N–H and O–H groups in total. The minimum Gasteiger partial charge on any atom is -0.486 e. The first-order valence-electron chi connectivity index (χ1n) is 11.3. The van der Waals surface area contributed by atoms with Crippen LogP contribution in [0.4, 0.5) is 34.9 Å². The van der Waals surface area contributed by atoms with Gasteiger partial charge in [-0.25, -0.2) is 9.37 Å². The summed E-state index contributed by atoms with van der Waals surface area (Å²) in [5, 5.41) is 5.70. The number of benzene rings is 3. The molecule has 0 fully saturated rings. The summed E-state index contributed by atoms with van der Waals surface area (Å²) in [6.07, 6.45) is -4.04. The van der Waals surface area contributed by atoms with E-state index in [1.165, 1.54) is 31.2 Å². The number of nitrogens with one attached hydrogen (secondary N) is 3. The zero-order valence-corrected chi connectivity index (χ0v) is 20.7. The average molecular weight is 533 g/mol. The predicted octanol–water partition coefficient (Wildman–Crippen LogP) is 7.39. The minimum absolute atomic E-state index is 0.0483. The van der Waals surface area contributed by atoms with Crippen molar-refractivity contribution in [3.63, 3.8) is 0 Å². The number of aromatic nitrogens is 2. The molecule has 0 spiro atoms. The molecule has 37 heavy (non-hydrogen) atoms. The molecule has 192 valence electrons. The maximum absolute atomic E-state index is 14.3. The fourth-order valence-corrected chi connectivity index (χ4v) is 4.56. The smallest absolute Gasteiger partial charge is 0.416 e. The lowest BCUT2D eigenvalue weighted by Crippen LogP contribution is -2.25. The Labute approximate surface area is 214 Å². The number of anilines is 3. The summed E-state index contributed by atoms with van der Waals surface area (Å²) >= 11 is 6.12. The molecule has 3 aromatic carbocycles. The lowest BCUT2D eigenvalue weighted by molar-refractivity contribution is -0.137. The molecular formula is C26H21ClF4N4O2. The summed E-state index contributed by atoms with van der Waals surface area (Å²) in [7, 11) is 0. The van der Waals surface area contributed by atoms with E-state index in [0.717, 1.165) is 12.1 Å². The van der Waals surface area contributed by atoms with Crippen molar-refractivity contribution in [3.8, 4) is 5.75 Å². The van der Waals surface area contributed by atoms with Crippen LogP contribution in [0, 0.1) is 12.7 Å². The van der Waals surface area contributed by atoms with E-state index in [4.69, 9.17) is 16.3 Å². The van der Waals surface area contributed by atoms with E-state index in [0.29, 0.717) is 28.8 Å². The largest absolute Gasteiger partial charge is 0.486 e. The fraction of sp³-hybridized carbons (Fsp3) is 0.231. The summed E-state index contributed by atoms with van der Waals surface area (Å²) in [6.45, 7) is 5.22. The average Bonchev–Trinajstić information content (AvgIpc) is 3.35. The zero-order chi connectivity index (χ0) is 26.7. The fourth-order valence-electron chi connectivity index (χ4n) is 4.35. The lowest BCUT2D eigenvalue weighted by Gasteiger charge is -2.18. The molecule has 0 saturated carbocycles. The van der Waals surface area contributed by atoms with Crippen LogP contribution in [0.3, 0.4) is 0 Å². The summed E-state index contributed by atoms with van der Waals surface area (Å²) in [4.78, 5) is 20.9. The highest BCUT2D eigenvalue weighted by Gasteiger charge is 2.36. The van der Waals surface area contributed by atoms with Gasteiger partial charge in [0.05, 0.1) is 32.9 Å². The lowest BCUT2D eigenvalue weighted by atomic mass is 9.98. The van der Waals surface area contributed by atoms with Gasteiger partial charge < -0.3 is 20.4 Å². The van der Waals surface area contributed by atoms with Crippen LogP contribution in [0.5, 0.6) is 5.75 Å². The van der Waals surface area contributed by atoms with Crippen LogP contribution in [-0.4, -0.2) is 21.5 Å². The molecular weight excluding hydrogens is 512 g/mol. The third-order valence-corrected chi connectivity index (χ3v) is 6.37. The van der Waals surface area contributed by atoms with E-state index in [1.54, 1.807) is 6.07 Å². The second-order valence-corrected chi connectivity index (χ2v) is 9.86. The second-order valence-electron chi connectivity index (χ2n) is 9.46. The Balaban J connectivity index is 1.53. The zero-order valence-electron chi connectivity index (χ0n) is 19.9. The molecule has 6 nitrogen and oxygen atoms in total. The highest BCUT2D eigenvalue weighted by molar-refractivity contribution is 6.33. The van der Waals surface area contributed by atoms with Gasteiger partial charge in [0.15, 0.2) is 0 Å². The first-order chi connectivity index (χ1) is 17.3. The first kappa shape index (κ1) is 24.9. The van der Waals surface area contributed by atoms with Crippen molar-refractivity contribution in [2.45, 2.75) is 39.0 Å². The van der Waals surface area contributed by atoms with Gasteiger partial charge in [0.25, 0.3) is 5.91 Å². The van der Waals surface area contributed by atoms with Crippen LogP contribution in [-0.2, 0) is 12.6 Å². The van der Waals surface area contributed by atoms with Gasteiger partial charge in [0.1, 0.15) is 17.2 Å². The van der Waals surface area contributed by atoms with E-state index >= 15 is 0 Å². The van der Waals surface area contributed by atoms with Gasteiger partial charge in [-0.15, -0.1) is 0 Å². The molecule has 0 unspecified atom stereocenters. The number of amides is 1. The van der Waals surface area contributed by atoms with Crippen molar-refractivity contribution in [1.82, 2.24) is 9.97 Å². The number of hydrogen-bond acceptors (Lipinski definition) is 4. The van der Waals surface area contributed by atoms with E-state index in [2.05, 4.69) is 20.6 Å². The number of imidazole rings is 1. The Kier molecular flexibility index (Phi) is 5.82. The molecule has 0 atom stereocenters. The maximum Gasteiger partial charge on any atom is 0.416 e. The van der Waals surface area contributed by atoms with E-state index in [9.17, 15) is 22.4 Å². The Morgan fingerprint density at radius 1 is 1.19 bits per heavy atom. The number of alkyl halides is 3. The van der Waals surface area contributed by atoms with Crippen LogP contribution in [0.15, 0.2) is 42.5 Å². The van der Waals surface area contributed by atoms with Gasteiger partial charge in [-0.05, 0) is 62.7 Å². The number of carbonyl (C=O) groups excluding carboxylic acids is 1. The van der Waals surface area contributed by atoms with Crippen LogP contribution in [0.1, 0.15) is 40.9 Å². The number of halogens is 5. The minimum atomic E-state index is -4.49. The number of aryl methyl sites for hydroxylation is 1. The van der Waals surface area contributed by atoms with Crippen molar-refractivity contribution in [2.24, 2.45) is 0 Å². The standard InChI is InChI=1S/C26H21ClF4N4O2/c1-12-9-13(26(29,30)31)7-8-18(12)32-23(36)14-10-19-20(15-11-25(2,3)37-22(14)15)34-24(33-19)35-21-16(27)5-4-6-17(21)28/h4-10H,11H2,1-3H3,(H,32,36)(H2,33,34,35). The summed E-state index contributed by atoms with van der Waals surface area (Å²) in [6, 6.07) is 8.94. The number of hydrogen-bond donors (Lipinski definition) is 3. The van der Waals surface area contributed by atoms with Crippen LogP contribution >= 0.6 is 11.6 Å². The number of rotatable bonds is 4. The SMILES string of the molecule is Cc1cc(C(F)(F)F)ccc1NC(=O)c1cc2[nH]c(Nc3c(F)cccc3Cl)nc2c2c1OC(C)(C)C2. The molecule has 0 saturated heterocycles. The maximum atomic E-state index is 14.3. The number of para-hydroxylation sites is 1. The normalized spacial score (nSPS) is 14.4. The Morgan fingerprint density at radius 3 is 2.62 bits per heavy atom. The highest BCUT2D eigenvalue weighted by atomic mass is 35.5. The third kappa shape index (κ3) is 4.69. The molecule has 1 aliphatic rings. The molecule has 0 bridgehead atoms. The predicted molar refractivity (Wildman–Crippen MR) is 133 cm³/mol. The first-order valence-corrected chi connectivity index (χ1v) is 11.6. The quantitative estimate of drug-likeness (QED) is 0.239. The Morgan fingerprint density at radius 2 is 1.95 bits per heavy atom. The van der Waals surface area contributed by atoms with Gasteiger partial charge in [0, 0.05) is 17.7 Å². The molecule has 0 aliphatic carbocycles. The molecule has 11 heteroatoms. The molecule has 0 radical (unpaired) electrons. The number of H-pyrrole nitrogens is 1. The van der Waals surface area contributed by atoms with Crippen molar-refractivity contribution < 1.29 is 27.1 Å². The second kappa shape index (κ2) is 8.65. The van der Waals surface area contributed by atoms with Crippen molar-refractivity contribution in [3.05, 3.63) is 75.6 Å². The molecule has 1 aliphatic heterocycles. The van der Waals surface area contributed by atoms with Gasteiger partial charge in [-0.1, -0.05) is 17.7 Å². The number of carbonyl (C=O) groups is 1. The Hall–Kier alpha value is -3.79. The molecule has 1 aromatic heterocycles. The van der Waals surface area contributed by atoms with Crippen molar-refractivity contribution in [2.75, 3.05) is 10.6 Å². The molecule has 1 amide bonds. The Bertz CT molecular complexity index is 1540. The van der Waals surface area contributed by atoms with Crippen LogP contribution < -0.4 is 15.4 Å². The van der Waals surface area contributed by atoms with E-state index < -0.39 is 29.1 Å². The topological polar surface area (TPSA) is 79.0 Å². The number of fused-ring (bicyclic) bond motifs is 3. The van der Waals surface area contributed by atoms with Gasteiger partial charge in [0.2, 0.25) is 5.95 Å². The third-order valence-electron chi connectivity index (χ3n) is 6.06. The van der Waals surface area contributed by atoms with E-state index in [-0.39, 0.29) is 33.5 Å². The number of aromatic amines is 1. The van der Waals surface area contributed by atoms with Crippen LogP contribution in [0.25, 0.3) is 11.0 Å². The molecule has 2 heterocycles. The number of nitrogens with zero attached hydrogens (tertiary/aromatic N) is 1. The van der Waals surface area contributed by atoms with Crippen molar-refractivity contribution >= 4 is 45.9 Å². The molecule has 4 aromatic rings. The van der Waals surface area contributed by atoms with E-state index in [1.807, 2.05) is 13.8 Å². The monoisotopic (exact) mass is 532 g/mol. The molecule has 5 rings (SSSR count). The van der Waals surface area contributed by atoms with Gasteiger partial charge in [-0.2, -0.15) is 13.2 Å².